The molecule has 0 aliphatic carbocycles. The lowest BCUT2D eigenvalue weighted by atomic mass is 10.2. The summed E-state index contributed by atoms with van der Waals surface area (Å²) in [6.07, 6.45) is 1.70. The molecule has 0 unspecified atom stereocenters. The minimum Gasteiger partial charge on any atom is -0.479 e. The number of rotatable bonds is 6. The number of benzene rings is 2. The highest BCUT2D eigenvalue weighted by Gasteiger charge is 2.32. The summed E-state index contributed by atoms with van der Waals surface area (Å²) >= 11 is 10.9. The number of carbonyl (C=O) groups excluding carboxylic acids is 2. The summed E-state index contributed by atoms with van der Waals surface area (Å²) in [5, 5.41) is 0.779. The van der Waals surface area contributed by atoms with Gasteiger partial charge in [-0.1, -0.05) is 11.6 Å². The van der Waals surface area contributed by atoms with E-state index in [1.807, 2.05) is 6.92 Å². The number of esters is 1. The minimum atomic E-state index is -0.533. The summed E-state index contributed by atoms with van der Waals surface area (Å²) in [7, 11) is 1.27. The van der Waals surface area contributed by atoms with E-state index in [0.29, 0.717) is 38.1 Å². The number of thioether (sulfide) groups is 1. The van der Waals surface area contributed by atoms with E-state index in [4.69, 9.17) is 16.3 Å². The van der Waals surface area contributed by atoms with Crippen molar-refractivity contribution in [3.63, 3.8) is 0 Å². The Labute approximate surface area is 196 Å². The molecule has 0 atom stereocenters. The smallest absolute Gasteiger partial charge is 0.343 e. The number of hydrogen-bond acceptors (Lipinski definition) is 6. The Balaban J connectivity index is 1.86. The fraction of sp³-hybridized carbons (Fsp3) is 0.190. The Kier molecular flexibility index (Phi) is 7.74. The predicted octanol–water partition coefficient (Wildman–Crippen LogP) is 5.42. The number of nitrogens with zero attached hydrogens (tertiary/aromatic N) is 2. The fourth-order valence-corrected chi connectivity index (χ4v) is 4.69. The monoisotopic (exact) mass is 526 g/mol. The molecular weight excluding hydrogens is 511 g/mol. The zero-order valence-electron chi connectivity index (χ0n) is 16.5. The number of aliphatic imine (C=N–C) groups is 1. The van der Waals surface area contributed by atoms with Crippen LogP contribution >= 0.6 is 39.3 Å². The fourth-order valence-electron chi connectivity index (χ4n) is 2.64. The number of hydrogen-bond donors (Lipinski definition) is 0. The van der Waals surface area contributed by atoms with E-state index in [2.05, 4.69) is 25.7 Å². The zero-order chi connectivity index (χ0) is 22.5. The zero-order valence-corrected chi connectivity index (χ0v) is 19.7. The lowest BCUT2D eigenvalue weighted by Crippen LogP contribution is -2.28. The molecule has 6 nitrogen and oxygen atoms in total. The Morgan fingerprint density at radius 2 is 2.03 bits per heavy atom. The van der Waals surface area contributed by atoms with Crippen molar-refractivity contribution in [2.24, 2.45) is 4.99 Å². The average molecular weight is 528 g/mol. The molecule has 0 bridgehead atoms. The molecule has 2 aromatic rings. The van der Waals surface area contributed by atoms with Gasteiger partial charge in [0.2, 0.25) is 0 Å². The number of amidine groups is 1. The highest BCUT2D eigenvalue weighted by atomic mass is 79.9. The molecule has 0 spiro atoms. The van der Waals surface area contributed by atoms with Crippen LogP contribution in [0, 0.1) is 5.82 Å². The summed E-state index contributed by atoms with van der Waals surface area (Å²) in [6.45, 7) is 2.01. The van der Waals surface area contributed by atoms with Gasteiger partial charge >= 0.3 is 5.97 Å². The van der Waals surface area contributed by atoms with Crippen molar-refractivity contribution < 1.29 is 23.5 Å². The van der Waals surface area contributed by atoms with Crippen LogP contribution in [0.2, 0.25) is 5.02 Å². The van der Waals surface area contributed by atoms with E-state index in [0.717, 1.165) is 0 Å². The predicted molar refractivity (Wildman–Crippen MR) is 123 cm³/mol. The lowest BCUT2D eigenvalue weighted by Gasteiger charge is -2.12. The van der Waals surface area contributed by atoms with E-state index in [1.54, 1.807) is 35.2 Å². The first-order chi connectivity index (χ1) is 14.8. The van der Waals surface area contributed by atoms with Crippen LogP contribution in [0.25, 0.3) is 6.08 Å². The highest BCUT2D eigenvalue weighted by Crippen LogP contribution is 2.38. The Hall–Kier alpha value is -2.36. The molecule has 0 saturated carbocycles. The van der Waals surface area contributed by atoms with Crippen molar-refractivity contribution in [3.8, 4) is 5.75 Å². The maximum absolute atomic E-state index is 13.1. The van der Waals surface area contributed by atoms with Crippen LogP contribution in [0.3, 0.4) is 0 Å². The number of methoxy groups -OCH3 is 1. The van der Waals surface area contributed by atoms with E-state index in [1.165, 1.54) is 31.0 Å². The number of amides is 1. The minimum absolute atomic E-state index is 0.188. The Bertz CT molecular complexity index is 1050. The van der Waals surface area contributed by atoms with E-state index < -0.39 is 5.97 Å². The van der Waals surface area contributed by atoms with Crippen molar-refractivity contribution in [1.82, 2.24) is 4.90 Å². The second kappa shape index (κ2) is 10.3. The number of ether oxygens (including phenoxy) is 2. The number of carbonyl (C=O) groups is 2. The Morgan fingerprint density at radius 3 is 2.65 bits per heavy atom. The molecule has 162 valence electrons. The quantitative estimate of drug-likeness (QED) is 0.371. The van der Waals surface area contributed by atoms with E-state index in [9.17, 15) is 14.0 Å². The molecule has 1 aliphatic rings. The molecule has 31 heavy (non-hydrogen) atoms. The molecule has 1 fully saturated rings. The SMILES string of the molecule is CCN1C(=O)/C(=C\c2cc(Cl)c(OCC(=O)OC)c(Br)c2)SC1=Nc1ccc(F)cc1. The van der Waals surface area contributed by atoms with E-state index >= 15 is 0 Å². The second-order valence-corrected chi connectivity index (χ2v) is 8.48. The summed E-state index contributed by atoms with van der Waals surface area (Å²) < 4.78 is 23.6. The molecule has 10 heteroatoms. The third-order valence-electron chi connectivity index (χ3n) is 4.14. The number of likely N-dealkylation sites (N-methyl/N-ethyl adjacent to an activating group) is 1. The topological polar surface area (TPSA) is 68.2 Å². The van der Waals surface area contributed by atoms with Crippen LogP contribution in [0.5, 0.6) is 5.75 Å². The van der Waals surface area contributed by atoms with Crippen LogP contribution in [-0.4, -0.2) is 42.2 Å². The van der Waals surface area contributed by atoms with Crippen LogP contribution in [0.4, 0.5) is 10.1 Å². The molecule has 1 aliphatic heterocycles. The first kappa shape index (κ1) is 23.3. The largest absolute Gasteiger partial charge is 0.479 e. The first-order valence-corrected chi connectivity index (χ1v) is 11.1. The van der Waals surface area contributed by atoms with Crippen LogP contribution in [0.15, 0.2) is 50.8 Å². The molecule has 1 saturated heterocycles. The molecule has 2 aromatic carbocycles. The molecule has 1 heterocycles. The molecule has 0 radical (unpaired) electrons. The van der Waals surface area contributed by atoms with Gasteiger partial charge in [-0.3, -0.25) is 9.69 Å². The standard InChI is InChI=1S/C21H17BrClFN2O4S/c1-3-26-20(28)17(31-21(26)25-14-6-4-13(24)5-7-14)10-12-8-15(22)19(16(23)9-12)30-11-18(27)29-2/h4-10H,3,11H2,1-2H3/b17-10+,25-21?. The van der Waals surface area contributed by atoms with Crippen molar-refractivity contribution in [1.29, 1.82) is 0 Å². The van der Waals surface area contributed by atoms with Gasteiger partial charge in [-0.25, -0.2) is 14.2 Å². The summed E-state index contributed by atoms with van der Waals surface area (Å²) in [6, 6.07) is 9.09. The maximum atomic E-state index is 13.1. The Morgan fingerprint density at radius 1 is 1.32 bits per heavy atom. The third-order valence-corrected chi connectivity index (χ3v) is 6.01. The van der Waals surface area contributed by atoms with Crippen molar-refractivity contribution >= 4 is 68.1 Å². The normalized spacial score (nSPS) is 16.3. The van der Waals surface area contributed by atoms with Gasteiger partial charge in [-0.2, -0.15) is 0 Å². The maximum Gasteiger partial charge on any atom is 0.343 e. The van der Waals surface area contributed by atoms with Gasteiger partial charge < -0.3 is 9.47 Å². The van der Waals surface area contributed by atoms with Gasteiger partial charge in [0.05, 0.1) is 27.2 Å². The highest BCUT2D eigenvalue weighted by molar-refractivity contribution is 9.10. The lowest BCUT2D eigenvalue weighted by molar-refractivity contribution is -0.142. The second-order valence-electron chi connectivity index (χ2n) is 6.21. The average Bonchev–Trinajstić information content (AvgIpc) is 3.02. The van der Waals surface area contributed by atoms with Gasteiger partial charge in [-0.05, 0) is 82.7 Å². The van der Waals surface area contributed by atoms with Gasteiger partial charge in [-0.15, -0.1) is 0 Å². The molecular formula is C21H17BrClFN2O4S. The van der Waals surface area contributed by atoms with E-state index in [-0.39, 0.29) is 23.4 Å². The van der Waals surface area contributed by atoms with Gasteiger partial charge in [0.1, 0.15) is 5.82 Å². The van der Waals surface area contributed by atoms with Gasteiger partial charge in [0.25, 0.3) is 5.91 Å². The van der Waals surface area contributed by atoms with Gasteiger partial charge in [0.15, 0.2) is 17.5 Å². The van der Waals surface area contributed by atoms with Gasteiger partial charge in [0, 0.05) is 6.54 Å². The van der Waals surface area contributed by atoms with Crippen LogP contribution in [-0.2, 0) is 14.3 Å². The first-order valence-electron chi connectivity index (χ1n) is 9.06. The third kappa shape index (κ3) is 5.66. The van der Waals surface area contributed by atoms with Crippen LogP contribution < -0.4 is 4.74 Å². The van der Waals surface area contributed by atoms with Crippen molar-refractivity contribution in [2.75, 3.05) is 20.3 Å². The summed E-state index contributed by atoms with van der Waals surface area (Å²) in [5.74, 6) is -0.775. The van der Waals surface area contributed by atoms with Crippen molar-refractivity contribution in [2.45, 2.75) is 6.92 Å². The summed E-state index contributed by atoms with van der Waals surface area (Å²) in [5.41, 5.74) is 1.21. The summed E-state index contributed by atoms with van der Waals surface area (Å²) in [4.78, 5) is 30.6. The molecule has 3 rings (SSSR count). The molecule has 0 N–H and O–H groups in total. The molecule has 1 amide bonds. The molecule has 0 aromatic heterocycles. The van der Waals surface area contributed by atoms with Crippen molar-refractivity contribution in [3.05, 3.63) is 62.2 Å². The number of halogens is 3. The van der Waals surface area contributed by atoms with Crippen LogP contribution in [0.1, 0.15) is 12.5 Å².